The lowest BCUT2D eigenvalue weighted by Gasteiger charge is -2.34. The summed E-state index contributed by atoms with van der Waals surface area (Å²) in [6, 6.07) is 6.32. The minimum Gasteiger partial charge on any atom is -0.381 e. The molecule has 112 valence electrons. The van der Waals surface area contributed by atoms with Crippen molar-refractivity contribution in [1.82, 2.24) is 9.80 Å². The Morgan fingerprint density at radius 2 is 2.10 bits per heavy atom. The maximum absolute atomic E-state index is 13.7. The Morgan fingerprint density at radius 3 is 2.67 bits per heavy atom. The average molecular weight is 290 g/mol. The summed E-state index contributed by atoms with van der Waals surface area (Å²) in [7, 11) is 0. The molecule has 5 nitrogen and oxygen atoms in total. The largest absolute Gasteiger partial charge is 0.381 e. The summed E-state index contributed by atoms with van der Waals surface area (Å²) >= 11 is 0. The first-order valence-electron chi connectivity index (χ1n) is 7.01. The van der Waals surface area contributed by atoms with Crippen molar-refractivity contribution in [3.05, 3.63) is 29.6 Å². The Hall–Kier alpha value is -2.13. The highest BCUT2D eigenvalue weighted by molar-refractivity contribution is 5.73. The highest BCUT2D eigenvalue weighted by Crippen LogP contribution is 2.15. The molecule has 0 bridgehead atoms. The molecule has 1 amide bonds. The van der Waals surface area contributed by atoms with Crippen LogP contribution in [0, 0.1) is 17.1 Å². The monoisotopic (exact) mass is 290 g/mol. The second kappa shape index (κ2) is 7.04. The first-order chi connectivity index (χ1) is 10.1. The standard InChI is InChI=1S/C15H19FN4O/c1-12(21)20-8-6-19(7-9-20)5-4-18-15-3-2-13(11-17)10-14(15)16/h2-3,10,18H,4-9H2,1H3. The molecule has 0 atom stereocenters. The number of rotatable bonds is 4. The van der Waals surface area contributed by atoms with Crippen LogP contribution < -0.4 is 5.32 Å². The molecule has 0 unspecified atom stereocenters. The van der Waals surface area contributed by atoms with Crippen molar-refractivity contribution in [2.24, 2.45) is 0 Å². The van der Waals surface area contributed by atoms with Gasteiger partial charge in [0.05, 0.1) is 17.3 Å². The van der Waals surface area contributed by atoms with Gasteiger partial charge in [-0.05, 0) is 18.2 Å². The fourth-order valence-electron chi connectivity index (χ4n) is 2.36. The number of carbonyl (C=O) groups excluding carboxylic acids is 1. The fourth-order valence-corrected chi connectivity index (χ4v) is 2.36. The summed E-state index contributed by atoms with van der Waals surface area (Å²) in [6.07, 6.45) is 0. The third-order valence-corrected chi connectivity index (χ3v) is 3.66. The number of carbonyl (C=O) groups is 1. The van der Waals surface area contributed by atoms with E-state index in [0.29, 0.717) is 17.8 Å². The van der Waals surface area contributed by atoms with Gasteiger partial charge in [0.2, 0.25) is 5.91 Å². The number of amides is 1. The van der Waals surface area contributed by atoms with Crippen LogP contribution in [0.15, 0.2) is 18.2 Å². The maximum atomic E-state index is 13.7. The summed E-state index contributed by atoms with van der Waals surface area (Å²) in [5, 5.41) is 11.7. The molecule has 1 aromatic carbocycles. The number of halogens is 1. The van der Waals surface area contributed by atoms with Crippen molar-refractivity contribution in [1.29, 1.82) is 5.26 Å². The molecule has 1 N–H and O–H groups in total. The van der Waals surface area contributed by atoms with Crippen molar-refractivity contribution in [2.45, 2.75) is 6.92 Å². The van der Waals surface area contributed by atoms with Crippen LogP contribution in [0.25, 0.3) is 0 Å². The van der Waals surface area contributed by atoms with Crippen LogP contribution in [0.2, 0.25) is 0 Å². The van der Waals surface area contributed by atoms with Crippen molar-refractivity contribution in [2.75, 3.05) is 44.6 Å². The zero-order valence-electron chi connectivity index (χ0n) is 12.1. The molecule has 1 fully saturated rings. The Labute approximate surface area is 123 Å². The third kappa shape index (κ3) is 4.17. The molecule has 6 heteroatoms. The van der Waals surface area contributed by atoms with Crippen molar-refractivity contribution in [3.63, 3.8) is 0 Å². The van der Waals surface area contributed by atoms with Gasteiger partial charge in [0, 0.05) is 46.2 Å². The molecule has 2 rings (SSSR count). The van der Waals surface area contributed by atoms with Gasteiger partial charge in [-0.25, -0.2) is 4.39 Å². The predicted octanol–water partition coefficient (Wildman–Crippen LogP) is 1.27. The Balaban J connectivity index is 1.75. The summed E-state index contributed by atoms with van der Waals surface area (Å²) < 4.78 is 13.7. The van der Waals surface area contributed by atoms with Crippen molar-refractivity contribution in [3.8, 4) is 6.07 Å². The highest BCUT2D eigenvalue weighted by atomic mass is 19.1. The van der Waals surface area contributed by atoms with Gasteiger partial charge in [0.15, 0.2) is 0 Å². The molecular formula is C15H19FN4O. The van der Waals surface area contributed by atoms with Crippen LogP contribution in [0.5, 0.6) is 0 Å². The van der Waals surface area contributed by atoms with E-state index in [4.69, 9.17) is 5.26 Å². The smallest absolute Gasteiger partial charge is 0.219 e. The van der Waals surface area contributed by atoms with Crippen LogP contribution in [-0.2, 0) is 4.79 Å². The Morgan fingerprint density at radius 1 is 1.38 bits per heavy atom. The molecule has 0 radical (unpaired) electrons. The lowest BCUT2D eigenvalue weighted by Crippen LogP contribution is -2.49. The number of anilines is 1. The molecule has 1 saturated heterocycles. The molecule has 21 heavy (non-hydrogen) atoms. The highest BCUT2D eigenvalue weighted by Gasteiger charge is 2.17. The van der Waals surface area contributed by atoms with Crippen molar-refractivity contribution < 1.29 is 9.18 Å². The SMILES string of the molecule is CC(=O)N1CCN(CCNc2ccc(C#N)cc2F)CC1. The zero-order chi connectivity index (χ0) is 15.2. The van der Waals surface area contributed by atoms with Crippen LogP contribution in [0.4, 0.5) is 10.1 Å². The zero-order valence-corrected chi connectivity index (χ0v) is 12.1. The number of benzene rings is 1. The number of piperazine rings is 1. The van der Waals surface area contributed by atoms with Gasteiger partial charge in [0.25, 0.3) is 0 Å². The second-order valence-electron chi connectivity index (χ2n) is 5.08. The first kappa shape index (κ1) is 15.3. The van der Waals surface area contributed by atoms with Crippen LogP contribution in [0.3, 0.4) is 0 Å². The lowest BCUT2D eigenvalue weighted by atomic mass is 10.2. The Bertz CT molecular complexity index is 547. The predicted molar refractivity (Wildman–Crippen MR) is 78.3 cm³/mol. The van der Waals surface area contributed by atoms with Gasteiger partial charge < -0.3 is 10.2 Å². The normalized spacial score (nSPS) is 15.6. The van der Waals surface area contributed by atoms with E-state index in [2.05, 4.69) is 10.2 Å². The van der Waals surface area contributed by atoms with E-state index in [1.807, 2.05) is 11.0 Å². The minimum absolute atomic E-state index is 0.118. The minimum atomic E-state index is -0.407. The Kier molecular flexibility index (Phi) is 5.12. The van der Waals surface area contributed by atoms with E-state index in [1.165, 1.54) is 6.07 Å². The number of nitriles is 1. The average Bonchev–Trinajstić information content (AvgIpc) is 2.49. The molecular weight excluding hydrogens is 271 g/mol. The molecule has 0 saturated carbocycles. The van der Waals surface area contributed by atoms with Crippen LogP contribution >= 0.6 is 0 Å². The van der Waals surface area contributed by atoms with Crippen molar-refractivity contribution >= 4 is 11.6 Å². The summed E-state index contributed by atoms with van der Waals surface area (Å²) in [5.74, 6) is -0.289. The molecule has 1 aromatic rings. The number of hydrogen-bond acceptors (Lipinski definition) is 4. The molecule has 0 aliphatic carbocycles. The van der Waals surface area contributed by atoms with Gasteiger partial charge in [-0.2, -0.15) is 5.26 Å². The quantitative estimate of drug-likeness (QED) is 0.907. The van der Waals surface area contributed by atoms with Crippen LogP contribution in [-0.4, -0.2) is 55.0 Å². The molecule has 1 aliphatic heterocycles. The first-order valence-corrected chi connectivity index (χ1v) is 7.01. The van der Waals surface area contributed by atoms with Gasteiger partial charge in [-0.15, -0.1) is 0 Å². The van der Waals surface area contributed by atoms with E-state index in [1.54, 1.807) is 19.1 Å². The molecule has 1 heterocycles. The topological polar surface area (TPSA) is 59.4 Å². The van der Waals surface area contributed by atoms with E-state index in [-0.39, 0.29) is 5.91 Å². The van der Waals surface area contributed by atoms with Gasteiger partial charge in [-0.3, -0.25) is 9.69 Å². The molecule has 1 aliphatic rings. The summed E-state index contributed by atoms with van der Waals surface area (Å²) in [6.45, 7) is 6.20. The summed E-state index contributed by atoms with van der Waals surface area (Å²) in [5.41, 5.74) is 0.731. The van der Waals surface area contributed by atoms with Crippen LogP contribution in [0.1, 0.15) is 12.5 Å². The molecule has 0 spiro atoms. The van der Waals surface area contributed by atoms with E-state index < -0.39 is 5.82 Å². The number of hydrogen-bond donors (Lipinski definition) is 1. The van der Waals surface area contributed by atoms with Gasteiger partial charge in [-0.1, -0.05) is 0 Å². The fraction of sp³-hybridized carbons (Fsp3) is 0.467. The van der Waals surface area contributed by atoms with E-state index >= 15 is 0 Å². The lowest BCUT2D eigenvalue weighted by molar-refractivity contribution is -0.130. The van der Waals surface area contributed by atoms with E-state index in [0.717, 1.165) is 32.7 Å². The number of nitrogens with one attached hydrogen (secondary N) is 1. The van der Waals surface area contributed by atoms with Gasteiger partial charge >= 0.3 is 0 Å². The summed E-state index contributed by atoms with van der Waals surface area (Å²) in [4.78, 5) is 15.3. The van der Waals surface area contributed by atoms with E-state index in [9.17, 15) is 9.18 Å². The third-order valence-electron chi connectivity index (χ3n) is 3.66. The molecule has 0 aromatic heterocycles. The van der Waals surface area contributed by atoms with Gasteiger partial charge in [0.1, 0.15) is 5.82 Å². The maximum Gasteiger partial charge on any atom is 0.219 e. The number of nitrogens with zero attached hydrogens (tertiary/aromatic N) is 3. The second-order valence-corrected chi connectivity index (χ2v) is 5.08.